The van der Waals surface area contributed by atoms with Crippen molar-refractivity contribution < 1.29 is 24.2 Å². The molecule has 2 aromatic rings. The summed E-state index contributed by atoms with van der Waals surface area (Å²) in [6.07, 6.45) is 3.17. The maximum Gasteiger partial charge on any atom is 0.354 e. The van der Waals surface area contributed by atoms with Gasteiger partial charge in [0, 0.05) is 36.7 Å². The topological polar surface area (TPSA) is 116 Å². The second-order valence-corrected chi connectivity index (χ2v) is 7.70. The minimum Gasteiger partial charge on any atom is -0.507 e. The van der Waals surface area contributed by atoms with Gasteiger partial charge >= 0.3 is 5.97 Å². The number of aliphatic hydroxyl groups is 1. The normalized spacial score (nSPS) is 18.1. The fraction of sp³-hybridized carbons (Fsp3) is 0.364. The summed E-state index contributed by atoms with van der Waals surface area (Å²) in [7, 11) is 5.00. The minimum absolute atomic E-state index is 0.0293. The number of nitrogens with one attached hydrogen (secondary N) is 1. The van der Waals surface area contributed by atoms with E-state index in [4.69, 9.17) is 4.74 Å². The number of pyridine rings is 1. The smallest absolute Gasteiger partial charge is 0.354 e. The van der Waals surface area contributed by atoms with Gasteiger partial charge in [0.2, 0.25) is 0 Å². The molecule has 31 heavy (non-hydrogen) atoms. The molecule has 2 aromatic heterocycles. The molecular formula is C22H26N4O5. The summed E-state index contributed by atoms with van der Waals surface area (Å²) >= 11 is 0. The number of likely N-dealkylation sites (N-methyl/N-ethyl adjacent to an activating group) is 1. The second-order valence-electron chi connectivity index (χ2n) is 7.70. The van der Waals surface area contributed by atoms with E-state index in [1.54, 1.807) is 38.4 Å². The Kier molecular flexibility index (Phi) is 6.26. The van der Waals surface area contributed by atoms with E-state index < -0.39 is 23.7 Å². The van der Waals surface area contributed by atoms with Gasteiger partial charge in [-0.25, -0.2) is 4.79 Å². The van der Waals surface area contributed by atoms with Crippen LogP contribution in [0.5, 0.6) is 0 Å². The lowest BCUT2D eigenvalue weighted by Crippen LogP contribution is -2.35. The van der Waals surface area contributed by atoms with Crippen molar-refractivity contribution >= 4 is 23.4 Å². The Bertz CT molecular complexity index is 1060. The number of ether oxygens (including phenoxy) is 1. The van der Waals surface area contributed by atoms with Crippen LogP contribution in [0.2, 0.25) is 0 Å². The van der Waals surface area contributed by atoms with Crippen LogP contribution in [0, 0.1) is 13.8 Å². The molecule has 0 aromatic carbocycles. The molecular weight excluding hydrogens is 400 g/mol. The third kappa shape index (κ3) is 3.96. The van der Waals surface area contributed by atoms with Crippen LogP contribution in [-0.4, -0.2) is 76.8 Å². The monoisotopic (exact) mass is 426 g/mol. The number of aliphatic hydroxyl groups excluding tert-OH is 1. The van der Waals surface area contributed by atoms with Gasteiger partial charge in [-0.1, -0.05) is 6.07 Å². The predicted octanol–water partition coefficient (Wildman–Crippen LogP) is 1.80. The number of Topliss-reactive ketones (excluding diaryl/α,β-unsaturated/α-hetero) is 1. The molecule has 1 fully saturated rings. The molecule has 1 saturated heterocycles. The Morgan fingerprint density at radius 2 is 2.03 bits per heavy atom. The van der Waals surface area contributed by atoms with Gasteiger partial charge in [0.25, 0.3) is 11.7 Å². The third-order valence-corrected chi connectivity index (χ3v) is 5.39. The van der Waals surface area contributed by atoms with Gasteiger partial charge < -0.3 is 24.6 Å². The number of rotatable bonds is 6. The zero-order chi connectivity index (χ0) is 22.9. The van der Waals surface area contributed by atoms with E-state index in [-0.39, 0.29) is 17.0 Å². The Balaban J connectivity index is 2.20. The average molecular weight is 426 g/mol. The number of hydrogen-bond acceptors (Lipinski definition) is 7. The van der Waals surface area contributed by atoms with Crippen LogP contribution < -0.4 is 0 Å². The number of carbonyl (C=O) groups is 3. The fourth-order valence-electron chi connectivity index (χ4n) is 3.85. The first-order chi connectivity index (χ1) is 14.7. The van der Waals surface area contributed by atoms with E-state index in [2.05, 4.69) is 9.97 Å². The van der Waals surface area contributed by atoms with Gasteiger partial charge in [-0.3, -0.25) is 14.6 Å². The quantitative estimate of drug-likeness (QED) is 0.313. The number of methoxy groups -OCH3 is 1. The Morgan fingerprint density at radius 3 is 2.61 bits per heavy atom. The van der Waals surface area contributed by atoms with E-state index in [0.717, 1.165) is 0 Å². The second kappa shape index (κ2) is 8.73. The lowest BCUT2D eigenvalue weighted by atomic mass is 9.95. The molecule has 0 unspecified atom stereocenters. The highest BCUT2D eigenvalue weighted by Gasteiger charge is 2.46. The first-order valence-electron chi connectivity index (χ1n) is 9.79. The van der Waals surface area contributed by atoms with Gasteiger partial charge in [0.15, 0.2) is 0 Å². The average Bonchev–Trinajstić information content (AvgIpc) is 3.18. The van der Waals surface area contributed by atoms with Crippen LogP contribution in [0.15, 0.2) is 30.1 Å². The summed E-state index contributed by atoms with van der Waals surface area (Å²) in [5.41, 5.74) is 1.99. The van der Waals surface area contributed by atoms with Crippen molar-refractivity contribution in [3.8, 4) is 0 Å². The number of nitrogens with zero attached hydrogens (tertiary/aromatic N) is 3. The number of aryl methyl sites for hydroxylation is 1. The minimum atomic E-state index is -0.788. The molecule has 1 aliphatic heterocycles. The first kappa shape index (κ1) is 22.2. The molecule has 2 N–H and O–H groups in total. The van der Waals surface area contributed by atoms with E-state index in [9.17, 15) is 19.5 Å². The van der Waals surface area contributed by atoms with E-state index in [1.165, 1.54) is 12.0 Å². The number of H-pyrrole nitrogens is 1. The highest BCUT2D eigenvalue weighted by molar-refractivity contribution is 6.46. The number of esters is 1. The molecule has 9 nitrogen and oxygen atoms in total. The molecule has 9 heteroatoms. The number of amides is 1. The standard InChI is InChI=1S/C22H26N4O5/c1-12-15(13(2)24-17(12)22(30)31-5)19(27)16-18(14-7-6-8-23-11-14)26(10-9-25(3)4)21(29)20(16)28/h6-8,11,18,24,27H,9-10H2,1-5H3/t18-/m1/s1. The van der Waals surface area contributed by atoms with Crippen LogP contribution >= 0.6 is 0 Å². The lowest BCUT2D eigenvalue weighted by Gasteiger charge is -2.26. The van der Waals surface area contributed by atoms with Crippen molar-refractivity contribution in [2.75, 3.05) is 34.3 Å². The molecule has 3 heterocycles. The lowest BCUT2D eigenvalue weighted by molar-refractivity contribution is -0.140. The number of hydrogen-bond donors (Lipinski definition) is 2. The largest absolute Gasteiger partial charge is 0.507 e. The first-order valence-corrected chi connectivity index (χ1v) is 9.79. The number of likely N-dealkylation sites (tertiary alicyclic amines) is 1. The molecule has 164 valence electrons. The van der Waals surface area contributed by atoms with E-state index in [1.807, 2.05) is 19.0 Å². The van der Waals surface area contributed by atoms with Gasteiger partial charge in [0.1, 0.15) is 11.5 Å². The van der Waals surface area contributed by atoms with Gasteiger partial charge in [-0.2, -0.15) is 0 Å². The number of carbonyl (C=O) groups excluding carboxylic acids is 3. The van der Waals surface area contributed by atoms with Crippen molar-refractivity contribution in [2.45, 2.75) is 19.9 Å². The molecule has 1 aliphatic rings. The molecule has 0 aliphatic carbocycles. The van der Waals surface area contributed by atoms with E-state index in [0.29, 0.717) is 35.5 Å². The third-order valence-electron chi connectivity index (χ3n) is 5.39. The SMILES string of the molecule is COC(=O)c1[nH]c(C)c(C(O)=C2C(=O)C(=O)N(CCN(C)C)[C@@H]2c2cccnc2)c1C. The van der Waals surface area contributed by atoms with Crippen LogP contribution in [0.4, 0.5) is 0 Å². The van der Waals surface area contributed by atoms with Crippen molar-refractivity contribution in [2.24, 2.45) is 0 Å². The summed E-state index contributed by atoms with van der Waals surface area (Å²) in [6, 6.07) is 2.68. The summed E-state index contributed by atoms with van der Waals surface area (Å²) in [6.45, 7) is 4.16. The van der Waals surface area contributed by atoms with Crippen molar-refractivity contribution in [1.29, 1.82) is 0 Å². The molecule has 1 atom stereocenters. The van der Waals surface area contributed by atoms with Crippen molar-refractivity contribution in [3.63, 3.8) is 0 Å². The van der Waals surface area contributed by atoms with Gasteiger partial charge in [-0.05, 0) is 45.1 Å². The Morgan fingerprint density at radius 1 is 1.32 bits per heavy atom. The van der Waals surface area contributed by atoms with E-state index >= 15 is 0 Å². The number of aromatic amines is 1. The summed E-state index contributed by atoms with van der Waals surface area (Å²) in [4.78, 5) is 48.3. The molecule has 0 saturated carbocycles. The summed E-state index contributed by atoms with van der Waals surface area (Å²) in [5, 5.41) is 11.2. The van der Waals surface area contributed by atoms with Crippen molar-refractivity contribution in [1.82, 2.24) is 19.8 Å². The van der Waals surface area contributed by atoms with Crippen LogP contribution in [0.1, 0.15) is 38.9 Å². The zero-order valence-electron chi connectivity index (χ0n) is 18.2. The molecule has 0 radical (unpaired) electrons. The van der Waals surface area contributed by atoms with Gasteiger partial charge in [0.05, 0.1) is 18.7 Å². The maximum absolute atomic E-state index is 13.0. The van der Waals surface area contributed by atoms with Crippen LogP contribution in [0.3, 0.4) is 0 Å². The molecule has 0 spiro atoms. The summed E-state index contributed by atoms with van der Waals surface area (Å²) in [5.74, 6) is -2.38. The molecule has 0 bridgehead atoms. The summed E-state index contributed by atoms with van der Waals surface area (Å²) < 4.78 is 4.78. The van der Waals surface area contributed by atoms with Gasteiger partial charge in [-0.15, -0.1) is 0 Å². The van der Waals surface area contributed by atoms with Crippen LogP contribution in [0.25, 0.3) is 5.76 Å². The maximum atomic E-state index is 13.0. The Labute approximate surface area is 180 Å². The fourth-order valence-corrected chi connectivity index (χ4v) is 3.85. The van der Waals surface area contributed by atoms with Crippen molar-refractivity contribution in [3.05, 3.63) is 58.2 Å². The Hall–Kier alpha value is -3.46. The highest BCUT2D eigenvalue weighted by atomic mass is 16.5. The number of aromatic nitrogens is 2. The highest BCUT2D eigenvalue weighted by Crippen LogP contribution is 2.40. The molecule has 3 rings (SSSR count). The number of ketones is 1. The van der Waals surface area contributed by atoms with Crippen LogP contribution in [-0.2, 0) is 14.3 Å². The molecule has 1 amide bonds. The zero-order valence-corrected chi connectivity index (χ0v) is 18.2. The predicted molar refractivity (Wildman–Crippen MR) is 113 cm³/mol.